The van der Waals surface area contributed by atoms with Crippen LogP contribution in [-0.4, -0.2) is 20.2 Å². The molecule has 17 heavy (non-hydrogen) atoms. The van der Waals surface area contributed by atoms with Crippen molar-refractivity contribution >= 4 is 41.8 Å². The molecular weight excluding hydrogens is 353 g/mol. The summed E-state index contributed by atoms with van der Waals surface area (Å²) >= 11 is 2.05. The first-order valence-electron chi connectivity index (χ1n) is 4.48. The van der Waals surface area contributed by atoms with Gasteiger partial charge >= 0.3 is 5.97 Å². The molecule has 1 aromatic carbocycles. The van der Waals surface area contributed by atoms with Crippen LogP contribution in [0.25, 0.3) is 0 Å². The topological polar surface area (TPSA) is 61.5 Å². The predicted octanol–water partition coefficient (Wildman–Crippen LogP) is 2.46. The minimum Gasteiger partial charge on any atom is -0.495 e. The van der Waals surface area contributed by atoms with E-state index >= 15 is 0 Å². The Labute approximate surface area is 116 Å². The molecule has 0 aliphatic heterocycles. The van der Waals surface area contributed by atoms with Crippen LogP contribution in [0.3, 0.4) is 0 Å². The number of halogens is 1. The van der Waals surface area contributed by atoms with Gasteiger partial charge in [0.1, 0.15) is 5.75 Å². The van der Waals surface area contributed by atoms with Gasteiger partial charge < -0.3 is 15.2 Å². The van der Waals surface area contributed by atoms with Crippen molar-refractivity contribution in [1.82, 2.24) is 0 Å². The van der Waals surface area contributed by atoms with E-state index in [1.54, 1.807) is 6.07 Å². The molecule has 2 N–H and O–H groups in total. The van der Waals surface area contributed by atoms with E-state index in [0.29, 0.717) is 22.6 Å². The lowest BCUT2D eigenvalue weighted by molar-refractivity contribution is 0.0600. The number of hydrogen-bond donors (Lipinski definition) is 1. The average Bonchev–Trinajstić information content (AvgIpc) is 2.36. The van der Waals surface area contributed by atoms with Crippen molar-refractivity contribution in [2.45, 2.75) is 0 Å². The first-order valence-corrected chi connectivity index (χ1v) is 7.84. The molecule has 0 radical (unpaired) electrons. The van der Waals surface area contributed by atoms with E-state index in [2.05, 4.69) is 37.1 Å². The first kappa shape index (κ1) is 14.0. The molecule has 6 heteroatoms. The van der Waals surface area contributed by atoms with E-state index in [-0.39, 0.29) is 0 Å². The molecule has 4 nitrogen and oxygen atoms in total. The number of hydrogen-bond acceptors (Lipinski definition) is 5. The van der Waals surface area contributed by atoms with Crippen molar-refractivity contribution in [3.05, 3.63) is 23.3 Å². The normalized spacial score (nSPS) is 9.12. The fourth-order valence-corrected chi connectivity index (χ4v) is 1.69. The van der Waals surface area contributed by atoms with Gasteiger partial charge in [0, 0.05) is 21.2 Å². The van der Waals surface area contributed by atoms with Crippen LogP contribution in [0.5, 0.6) is 5.75 Å². The Balaban J connectivity index is 3.33. The van der Waals surface area contributed by atoms with Gasteiger partial charge in [-0.15, -0.1) is 0 Å². The zero-order chi connectivity index (χ0) is 12.8. The summed E-state index contributed by atoms with van der Waals surface area (Å²) < 4.78 is 9.74. The van der Waals surface area contributed by atoms with Gasteiger partial charge in [-0.3, -0.25) is 0 Å². The summed E-state index contributed by atoms with van der Waals surface area (Å²) in [5.41, 5.74) is 7.18. The van der Waals surface area contributed by atoms with Gasteiger partial charge in [0.2, 0.25) is 0 Å². The second-order valence-electron chi connectivity index (χ2n) is 2.94. The Morgan fingerprint density at radius 2 is 2.18 bits per heavy atom. The summed E-state index contributed by atoms with van der Waals surface area (Å²) in [6.45, 7) is 0. The number of esters is 1. The molecular formula is C11H10INO3S. The number of rotatable bonds is 2. The molecule has 1 rings (SSSR count). The van der Waals surface area contributed by atoms with Crippen LogP contribution in [0.15, 0.2) is 12.1 Å². The zero-order valence-electron chi connectivity index (χ0n) is 9.24. The lowest BCUT2D eigenvalue weighted by Crippen LogP contribution is -2.04. The second kappa shape index (κ2) is 6.61. The highest BCUT2D eigenvalue weighted by Gasteiger charge is 2.12. The van der Waals surface area contributed by atoms with Gasteiger partial charge in [-0.25, -0.2) is 4.79 Å². The molecule has 0 aliphatic rings. The monoisotopic (exact) mass is 363 g/mol. The molecule has 0 bridgehead atoms. The molecule has 0 atom stereocenters. The number of nitrogens with two attached hydrogens (primary N) is 1. The number of nitrogen functional groups attached to an aromatic ring is 1. The predicted molar refractivity (Wildman–Crippen MR) is 77.2 cm³/mol. The Hall–Kier alpha value is -1.07. The summed E-state index contributed by atoms with van der Waals surface area (Å²) in [5, 5.41) is 2.81. The highest BCUT2D eigenvalue weighted by Crippen LogP contribution is 2.27. The number of ether oxygens (including phenoxy) is 2. The van der Waals surface area contributed by atoms with E-state index in [1.807, 2.05) is 0 Å². The molecule has 0 heterocycles. The third kappa shape index (κ3) is 3.44. The quantitative estimate of drug-likeness (QED) is 0.379. The highest BCUT2D eigenvalue weighted by molar-refractivity contribution is 14.2. The molecule has 0 saturated heterocycles. The van der Waals surface area contributed by atoms with Gasteiger partial charge in [0.05, 0.1) is 31.0 Å². The molecule has 0 spiro atoms. The van der Waals surface area contributed by atoms with E-state index < -0.39 is 5.97 Å². The Morgan fingerprint density at radius 3 is 2.71 bits per heavy atom. The van der Waals surface area contributed by atoms with Gasteiger partial charge in [-0.05, 0) is 26.3 Å². The summed E-state index contributed by atoms with van der Waals surface area (Å²) in [6.07, 6.45) is 0. The molecule has 0 aromatic heterocycles. The van der Waals surface area contributed by atoms with E-state index in [1.165, 1.54) is 29.2 Å². The summed E-state index contributed by atoms with van der Waals surface area (Å²) in [6, 6.07) is 3.12. The van der Waals surface area contributed by atoms with Crippen molar-refractivity contribution in [2.75, 3.05) is 20.0 Å². The van der Waals surface area contributed by atoms with Crippen LogP contribution < -0.4 is 10.5 Å². The molecule has 0 unspecified atom stereocenters. The fourth-order valence-electron chi connectivity index (χ4n) is 1.21. The number of methoxy groups -OCH3 is 2. The van der Waals surface area contributed by atoms with E-state index in [9.17, 15) is 4.79 Å². The second-order valence-corrected chi connectivity index (χ2v) is 4.62. The lowest BCUT2D eigenvalue weighted by atomic mass is 10.1. The van der Waals surface area contributed by atoms with Crippen LogP contribution in [-0.2, 0) is 4.74 Å². The van der Waals surface area contributed by atoms with Gasteiger partial charge in [-0.1, -0.05) is 5.92 Å². The smallest absolute Gasteiger partial charge is 0.338 e. The maximum Gasteiger partial charge on any atom is 0.338 e. The molecule has 1 aromatic rings. The van der Waals surface area contributed by atoms with Crippen LogP contribution >= 0.6 is 30.1 Å². The van der Waals surface area contributed by atoms with Gasteiger partial charge in [0.15, 0.2) is 0 Å². The average molecular weight is 363 g/mol. The largest absolute Gasteiger partial charge is 0.495 e. The summed E-state index contributed by atoms with van der Waals surface area (Å²) in [4.78, 5) is 11.4. The van der Waals surface area contributed by atoms with Crippen molar-refractivity contribution in [3.8, 4) is 16.9 Å². The molecule has 90 valence electrons. The number of carbonyl (C=O) groups excluding carboxylic acids is 1. The maximum absolute atomic E-state index is 11.4. The van der Waals surface area contributed by atoms with Crippen molar-refractivity contribution < 1.29 is 14.3 Å². The van der Waals surface area contributed by atoms with Gasteiger partial charge in [-0.2, -0.15) is 0 Å². The van der Waals surface area contributed by atoms with Crippen LogP contribution in [0.1, 0.15) is 15.9 Å². The maximum atomic E-state index is 11.4. The fraction of sp³-hybridized carbons (Fsp3) is 0.182. The molecule has 0 amide bonds. The number of carbonyl (C=O) groups is 1. The first-order chi connectivity index (χ1) is 8.13. The van der Waals surface area contributed by atoms with E-state index in [0.717, 1.165) is 0 Å². The molecule has 0 saturated carbocycles. The zero-order valence-corrected chi connectivity index (χ0v) is 12.2. The van der Waals surface area contributed by atoms with Crippen molar-refractivity contribution in [2.24, 2.45) is 0 Å². The highest BCUT2D eigenvalue weighted by atomic mass is 127. The van der Waals surface area contributed by atoms with E-state index in [4.69, 9.17) is 10.5 Å². The van der Waals surface area contributed by atoms with Crippen molar-refractivity contribution in [3.63, 3.8) is 0 Å². The standard InChI is InChI=1S/C11H10INO3S/c1-15-9-6-8(11(14)16-2)5-7(10(9)13)3-4-17-12/h5-6H,13H2,1-2H3. The number of benzene rings is 1. The molecule has 0 aliphatic carbocycles. The molecule has 0 fully saturated rings. The third-order valence-electron chi connectivity index (χ3n) is 2.01. The number of anilines is 1. The summed E-state index contributed by atoms with van der Waals surface area (Å²) in [7, 11) is 4.13. The van der Waals surface area contributed by atoms with Crippen LogP contribution in [0, 0.1) is 11.2 Å². The lowest BCUT2D eigenvalue weighted by Gasteiger charge is -2.08. The Kier molecular flexibility index (Phi) is 5.44. The van der Waals surface area contributed by atoms with Crippen molar-refractivity contribution in [1.29, 1.82) is 0 Å². The minimum absolute atomic E-state index is 0.362. The Morgan fingerprint density at radius 1 is 1.47 bits per heavy atom. The third-order valence-corrected chi connectivity index (χ3v) is 2.85. The van der Waals surface area contributed by atoms with Crippen LogP contribution in [0.4, 0.5) is 5.69 Å². The van der Waals surface area contributed by atoms with Gasteiger partial charge in [0.25, 0.3) is 0 Å². The Bertz CT molecular complexity index is 493. The van der Waals surface area contributed by atoms with Crippen LogP contribution in [0.2, 0.25) is 0 Å². The summed E-state index contributed by atoms with van der Waals surface area (Å²) in [5.74, 6) is 2.81. The SMILES string of the molecule is COC(=O)c1cc(C#CSI)c(N)c(OC)c1. The minimum atomic E-state index is -0.450.